The molecule has 1 fully saturated rings. The van der Waals surface area contributed by atoms with Crippen LogP contribution >= 0.6 is 0 Å². The number of carbonyl (C=O) groups is 1. The molecule has 0 aromatic heterocycles. The van der Waals surface area contributed by atoms with Gasteiger partial charge < -0.3 is 15.4 Å². The molecule has 0 radical (unpaired) electrons. The molecular weight excluding hydrogens is 314 g/mol. The molecule has 25 heavy (non-hydrogen) atoms. The van der Waals surface area contributed by atoms with E-state index >= 15 is 0 Å². The Bertz CT molecular complexity index is 501. The van der Waals surface area contributed by atoms with Gasteiger partial charge in [-0.15, -0.1) is 0 Å². The van der Waals surface area contributed by atoms with Crippen LogP contribution in [0.25, 0.3) is 0 Å². The molecule has 2 rings (SSSR count). The zero-order valence-corrected chi connectivity index (χ0v) is 15.8. The standard InChI is InChI=1S/C20H33N3O2/c1-4-8-18(21-16(2)3)20(24)22-19(17-9-6-5-7-10-17)15-23-11-13-25-14-12-23/h5-7,9-10,16,18-19,21H,4,8,11-15H2,1-3H3,(H,22,24). The number of hydrogen-bond acceptors (Lipinski definition) is 4. The van der Waals surface area contributed by atoms with Crippen LogP contribution < -0.4 is 10.6 Å². The van der Waals surface area contributed by atoms with Gasteiger partial charge in [-0.25, -0.2) is 0 Å². The molecule has 2 unspecified atom stereocenters. The van der Waals surface area contributed by atoms with E-state index in [2.05, 4.69) is 48.4 Å². The molecule has 2 atom stereocenters. The van der Waals surface area contributed by atoms with Crippen molar-refractivity contribution >= 4 is 5.91 Å². The minimum absolute atomic E-state index is 0.000110. The van der Waals surface area contributed by atoms with E-state index in [1.807, 2.05) is 18.2 Å². The molecular formula is C20H33N3O2. The highest BCUT2D eigenvalue weighted by Gasteiger charge is 2.24. The SMILES string of the molecule is CCCC(NC(C)C)C(=O)NC(CN1CCOCC1)c1ccccc1. The molecule has 1 aromatic rings. The number of rotatable bonds is 9. The highest BCUT2D eigenvalue weighted by Crippen LogP contribution is 2.16. The highest BCUT2D eigenvalue weighted by molar-refractivity contribution is 5.82. The van der Waals surface area contributed by atoms with Gasteiger partial charge >= 0.3 is 0 Å². The highest BCUT2D eigenvalue weighted by atomic mass is 16.5. The zero-order valence-electron chi connectivity index (χ0n) is 15.8. The number of nitrogens with one attached hydrogen (secondary N) is 2. The number of morpholine rings is 1. The van der Waals surface area contributed by atoms with Gasteiger partial charge in [-0.05, 0) is 12.0 Å². The maximum atomic E-state index is 12.9. The summed E-state index contributed by atoms with van der Waals surface area (Å²) in [5.74, 6) is 0.0951. The van der Waals surface area contributed by atoms with Gasteiger partial charge in [0.05, 0.1) is 25.3 Å². The van der Waals surface area contributed by atoms with Gasteiger partial charge in [0.15, 0.2) is 0 Å². The molecule has 1 heterocycles. The fourth-order valence-electron chi connectivity index (χ4n) is 3.22. The van der Waals surface area contributed by atoms with Gasteiger partial charge in [-0.2, -0.15) is 0 Å². The predicted octanol–water partition coefficient (Wildman–Crippen LogP) is 2.34. The number of amides is 1. The van der Waals surface area contributed by atoms with Crippen molar-refractivity contribution in [2.24, 2.45) is 0 Å². The Balaban J connectivity index is 2.06. The van der Waals surface area contributed by atoms with Crippen molar-refractivity contribution < 1.29 is 9.53 Å². The summed E-state index contributed by atoms with van der Waals surface area (Å²) >= 11 is 0. The van der Waals surface area contributed by atoms with Crippen LogP contribution in [0, 0.1) is 0 Å². The first-order chi connectivity index (χ1) is 12.1. The normalized spacial score (nSPS) is 18.1. The number of benzene rings is 1. The van der Waals surface area contributed by atoms with Crippen LogP contribution in [0.4, 0.5) is 0 Å². The first kappa shape index (κ1) is 19.9. The minimum atomic E-state index is -0.138. The number of ether oxygens (including phenoxy) is 1. The van der Waals surface area contributed by atoms with Gasteiger partial charge in [-0.1, -0.05) is 57.5 Å². The Morgan fingerprint density at radius 3 is 2.48 bits per heavy atom. The summed E-state index contributed by atoms with van der Waals surface area (Å²) in [5.41, 5.74) is 1.15. The largest absolute Gasteiger partial charge is 0.379 e. The second-order valence-corrected chi connectivity index (χ2v) is 7.05. The van der Waals surface area contributed by atoms with Crippen molar-refractivity contribution in [1.82, 2.24) is 15.5 Å². The van der Waals surface area contributed by atoms with Crippen molar-refractivity contribution in [3.8, 4) is 0 Å². The van der Waals surface area contributed by atoms with Gasteiger partial charge in [0.25, 0.3) is 0 Å². The molecule has 5 heteroatoms. The van der Waals surface area contributed by atoms with Crippen LogP contribution in [0.5, 0.6) is 0 Å². The molecule has 1 aliphatic rings. The summed E-state index contributed by atoms with van der Waals surface area (Å²) in [6.07, 6.45) is 1.83. The Hall–Kier alpha value is -1.43. The van der Waals surface area contributed by atoms with Crippen LogP contribution in [0.15, 0.2) is 30.3 Å². The lowest BCUT2D eigenvalue weighted by atomic mass is 10.0. The van der Waals surface area contributed by atoms with Gasteiger partial charge in [0, 0.05) is 25.7 Å². The molecule has 0 saturated carbocycles. The summed E-state index contributed by atoms with van der Waals surface area (Å²) in [6, 6.07) is 10.4. The third kappa shape index (κ3) is 6.77. The summed E-state index contributed by atoms with van der Waals surface area (Å²) < 4.78 is 5.44. The fraction of sp³-hybridized carbons (Fsp3) is 0.650. The Labute approximate surface area is 152 Å². The average Bonchev–Trinajstić information content (AvgIpc) is 2.62. The fourth-order valence-corrected chi connectivity index (χ4v) is 3.22. The van der Waals surface area contributed by atoms with Crippen LogP contribution in [-0.2, 0) is 9.53 Å². The maximum Gasteiger partial charge on any atom is 0.237 e. The molecule has 1 aromatic carbocycles. The van der Waals surface area contributed by atoms with E-state index in [1.54, 1.807) is 0 Å². The lowest BCUT2D eigenvalue weighted by Gasteiger charge is -2.32. The van der Waals surface area contributed by atoms with E-state index in [1.165, 1.54) is 0 Å². The van der Waals surface area contributed by atoms with Gasteiger partial charge in [0.2, 0.25) is 5.91 Å². The van der Waals surface area contributed by atoms with Crippen molar-refractivity contribution in [2.45, 2.75) is 51.7 Å². The molecule has 0 aliphatic carbocycles. The quantitative estimate of drug-likeness (QED) is 0.720. The third-order valence-electron chi connectivity index (χ3n) is 4.49. The number of carbonyl (C=O) groups excluding carboxylic acids is 1. The van der Waals surface area contributed by atoms with Gasteiger partial charge in [-0.3, -0.25) is 9.69 Å². The third-order valence-corrected chi connectivity index (χ3v) is 4.49. The summed E-state index contributed by atoms with van der Waals surface area (Å²) in [4.78, 5) is 15.2. The summed E-state index contributed by atoms with van der Waals surface area (Å²) in [5, 5.41) is 6.68. The molecule has 5 nitrogen and oxygen atoms in total. The van der Waals surface area contributed by atoms with Crippen LogP contribution in [0.2, 0.25) is 0 Å². The second-order valence-electron chi connectivity index (χ2n) is 7.05. The minimum Gasteiger partial charge on any atom is -0.379 e. The van der Waals surface area contributed by atoms with Crippen molar-refractivity contribution in [1.29, 1.82) is 0 Å². The molecule has 0 spiro atoms. The van der Waals surface area contributed by atoms with Crippen molar-refractivity contribution in [2.75, 3.05) is 32.8 Å². The maximum absolute atomic E-state index is 12.9. The van der Waals surface area contributed by atoms with E-state index in [4.69, 9.17) is 4.74 Å². The number of hydrogen-bond donors (Lipinski definition) is 2. The van der Waals surface area contributed by atoms with E-state index in [0.717, 1.165) is 51.3 Å². The molecule has 2 N–H and O–H groups in total. The topological polar surface area (TPSA) is 53.6 Å². The molecule has 1 aliphatic heterocycles. The van der Waals surface area contributed by atoms with Gasteiger partial charge in [0.1, 0.15) is 0 Å². The Morgan fingerprint density at radius 1 is 1.20 bits per heavy atom. The molecule has 1 amide bonds. The van der Waals surface area contributed by atoms with E-state index in [-0.39, 0.29) is 24.0 Å². The predicted molar refractivity (Wildman–Crippen MR) is 102 cm³/mol. The second kappa shape index (κ2) is 10.5. The summed E-state index contributed by atoms with van der Waals surface area (Å²) in [7, 11) is 0. The lowest BCUT2D eigenvalue weighted by molar-refractivity contribution is -0.124. The van der Waals surface area contributed by atoms with E-state index in [9.17, 15) is 4.79 Å². The number of nitrogens with zero attached hydrogens (tertiary/aromatic N) is 1. The zero-order chi connectivity index (χ0) is 18.1. The van der Waals surface area contributed by atoms with E-state index < -0.39 is 0 Å². The molecule has 0 bridgehead atoms. The first-order valence-electron chi connectivity index (χ1n) is 9.51. The van der Waals surface area contributed by atoms with Crippen LogP contribution in [0.3, 0.4) is 0 Å². The average molecular weight is 348 g/mol. The lowest BCUT2D eigenvalue weighted by Crippen LogP contribution is -2.50. The Morgan fingerprint density at radius 2 is 1.88 bits per heavy atom. The molecule has 140 valence electrons. The van der Waals surface area contributed by atoms with E-state index in [0.29, 0.717) is 0 Å². The monoisotopic (exact) mass is 347 g/mol. The van der Waals surface area contributed by atoms with Crippen molar-refractivity contribution in [3.63, 3.8) is 0 Å². The Kier molecular flexibility index (Phi) is 8.38. The van der Waals surface area contributed by atoms with Crippen molar-refractivity contribution in [3.05, 3.63) is 35.9 Å². The van der Waals surface area contributed by atoms with Crippen LogP contribution in [0.1, 0.15) is 45.2 Å². The van der Waals surface area contributed by atoms with Crippen LogP contribution in [-0.4, -0.2) is 55.7 Å². The first-order valence-corrected chi connectivity index (χ1v) is 9.51. The molecule has 1 saturated heterocycles. The summed E-state index contributed by atoms with van der Waals surface area (Å²) in [6.45, 7) is 10.5. The smallest absolute Gasteiger partial charge is 0.237 e.